The van der Waals surface area contributed by atoms with E-state index in [1.165, 1.54) is 16.7 Å². The van der Waals surface area contributed by atoms with Gasteiger partial charge in [-0.3, -0.25) is 14.8 Å². The van der Waals surface area contributed by atoms with Crippen molar-refractivity contribution >= 4 is 22.6 Å². The first kappa shape index (κ1) is 22.9. The first-order chi connectivity index (χ1) is 17.1. The number of carbonyl (C=O) groups is 1. The van der Waals surface area contributed by atoms with Crippen LogP contribution < -0.4 is 15.4 Å². The number of methoxy groups -OCH3 is 1. The van der Waals surface area contributed by atoms with Crippen LogP contribution in [0.15, 0.2) is 85.1 Å². The van der Waals surface area contributed by atoms with Crippen LogP contribution in [0.1, 0.15) is 22.7 Å². The van der Waals surface area contributed by atoms with Crippen LogP contribution in [0.4, 0.5) is 10.5 Å². The SMILES string of the molecule is COc1ccc2c(c1)CCN(CCN(C(N)=O)c1cnc3ccccc3c1)C2Cc1ccccc1. The number of anilines is 1. The maximum Gasteiger partial charge on any atom is 0.319 e. The molecule has 0 aliphatic carbocycles. The van der Waals surface area contributed by atoms with Crippen molar-refractivity contribution in [1.82, 2.24) is 9.88 Å². The van der Waals surface area contributed by atoms with Gasteiger partial charge in [-0.25, -0.2) is 4.79 Å². The third kappa shape index (κ3) is 4.98. The van der Waals surface area contributed by atoms with Crippen LogP contribution in [-0.4, -0.2) is 42.7 Å². The zero-order chi connectivity index (χ0) is 24.2. The Morgan fingerprint density at radius 3 is 2.69 bits per heavy atom. The number of fused-ring (bicyclic) bond motifs is 2. The van der Waals surface area contributed by atoms with Crippen molar-refractivity contribution < 1.29 is 9.53 Å². The van der Waals surface area contributed by atoms with Gasteiger partial charge in [-0.15, -0.1) is 0 Å². The zero-order valence-electron chi connectivity index (χ0n) is 19.9. The van der Waals surface area contributed by atoms with Crippen molar-refractivity contribution in [3.05, 3.63) is 102 Å². The summed E-state index contributed by atoms with van der Waals surface area (Å²) in [6.07, 6.45) is 3.56. The molecule has 1 aliphatic rings. The molecule has 0 saturated carbocycles. The average molecular weight is 467 g/mol. The van der Waals surface area contributed by atoms with Gasteiger partial charge in [-0.2, -0.15) is 0 Å². The predicted octanol–water partition coefficient (Wildman–Crippen LogP) is 4.97. The van der Waals surface area contributed by atoms with Crippen molar-refractivity contribution in [2.45, 2.75) is 18.9 Å². The maximum atomic E-state index is 12.4. The minimum Gasteiger partial charge on any atom is -0.497 e. The van der Waals surface area contributed by atoms with E-state index < -0.39 is 6.03 Å². The molecule has 1 unspecified atom stereocenters. The van der Waals surface area contributed by atoms with E-state index in [0.717, 1.165) is 41.7 Å². The van der Waals surface area contributed by atoms with Gasteiger partial charge in [-0.05, 0) is 53.8 Å². The van der Waals surface area contributed by atoms with Gasteiger partial charge in [0, 0.05) is 31.1 Å². The van der Waals surface area contributed by atoms with E-state index in [0.29, 0.717) is 13.1 Å². The average Bonchev–Trinajstić information content (AvgIpc) is 2.89. The minimum absolute atomic E-state index is 0.205. The van der Waals surface area contributed by atoms with Gasteiger partial charge in [0.15, 0.2) is 0 Å². The Morgan fingerprint density at radius 2 is 1.89 bits per heavy atom. The Morgan fingerprint density at radius 1 is 1.09 bits per heavy atom. The minimum atomic E-state index is -0.469. The maximum absolute atomic E-state index is 12.4. The number of benzene rings is 3. The molecule has 5 rings (SSSR count). The lowest BCUT2D eigenvalue weighted by Crippen LogP contribution is -2.45. The third-order valence-electron chi connectivity index (χ3n) is 6.85. The molecule has 4 aromatic rings. The zero-order valence-corrected chi connectivity index (χ0v) is 19.9. The van der Waals surface area contributed by atoms with Gasteiger partial charge in [0.25, 0.3) is 0 Å². The van der Waals surface area contributed by atoms with Crippen LogP contribution in [0, 0.1) is 0 Å². The molecule has 0 saturated heterocycles. The third-order valence-corrected chi connectivity index (χ3v) is 6.85. The van der Waals surface area contributed by atoms with Crippen molar-refractivity contribution in [3.8, 4) is 5.75 Å². The molecule has 0 spiro atoms. The molecule has 178 valence electrons. The van der Waals surface area contributed by atoms with E-state index in [9.17, 15) is 4.79 Å². The van der Waals surface area contributed by atoms with E-state index in [2.05, 4.69) is 46.3 Å². The van der Waals surface area contributed by atoms with Crippen molar-refractivity contribution in [1.29, 1.82) is 0 Å². The fourth-order valence-electron chi connectivity index (χ4n) is 5.01. The van der Waals surface area contributed by atoms with Crippen molar-refractivity contribution in [2.75, 3.05) is 31.6 Å². The van der Waals surface area contributed by atoms with E-state index >= 15 is 0 Å². The van der Waals surface area contributed by atoms with E-state index in [1.807, 2.05) is 42.5 Å². The largest absolute Gasteiger partial charge is 0.497 e. The fourth-order valence-corrected chi connectivity index (χ4v) is 5.01. The van der Waals surface area contributed by atoms with Crippen molar-refractivity contribution in [3.63, 3.8) is 0 Å². The van der Waals surface area contributed by atoms with Gasteiger partial charge in [0.2, 0.25) is 0 Å². The van der Waals surface area contributed by atoms with Gasteiger partial charge < -0.3 is 10.5 Å². The van der Waals surface area contributed by atoms with Crippen LogP contribution in [0.2, 0.25) is 0 Å². The molecule has 2 heterocycles. The molecule has 2 amide bonds. The monoisotopic (exact) mass is 466 g/mol. The molecule has 6 nitrogen and oxygen atoms in total. The highest BCUT2D eigenvalue weighted by Gasteiger charge is 2.28. The molecule has 0 bridgehead atoms. The molecule has 1 atom stereocenters. The molecule has 6 heteroatoms. The summed E-state index contributed by atoms with van der Waals surface area (Å²) in [4.78, 5) is 21.1. The predicted molar refractivity (Wildman–Crippen MR) is 140 cm³/mol. The molecule has 0 fully saturated rings. The Hall–Kier alpha value is -3.90. The normalized spacial score (nSPS) is 15.5. The van der Waals surface area contributed by atoms with Crippen molar-refractivity contribution in [2.24, 2.45) is 5.73 Å². The van der Waals surface area contributed by atoms with Crippen LogP contribution in [0.25, 0.3) is 10.9 Å². The van der Waals surface area contributed by atoms with E-state index in [-0.39, 0.29) is 6.04 Å². The first-order valence-corrected chi connectivity index (χ1v) is 12.0. The smallest absolute Gasteiger partial charge is 0.319 e. The second kappa shape index (κ2) is 10.2. The summed E-state index contributed by atoms with van der Waals surface area (Å²) in [5, 5.41) is 0.985. The summed E-state index contributed by atoms with van der Waals surface area (Å²) in [5.74, 6) is 0.888. The quantitative estimate of drug-likeness (QED) is 0.417. The summed E-state index contributed by atoms with van der Waals surface area (Å²) in [6.45, 7) is 2.10. The lowest BCUT2D eigenvalue weighted by molar-refractivity contribution is 0.187. The molecular weight excluding hydrogens is 436 g/mol. The number of ether oxygens (including phenoxy) is 1. The Balaban J connectivity index is 1.40. The second-order valence-corrected chi connectivity index (χ2v) is 8.93. The van der Waals surface area contributed by atoms with Crippen LogP contribution in [0.3, 0.4) is 0 Å². The number of urea groups is 1. The van der Waals surface area contributed by atoms with Gasteiger partial charge in [0.1, 0.15) is 5.75 Å². The number of primary amides is 1. The van der Waals surface area contributed by atoms with Crippen LogP contribution >= 0.6 is 0 Å². The number of para-hydroxylation sites is 1. The highest BCUT2D eigenvalue weighted by atomic mass is 16.5. The number of amides is 2. The highest BCUT2D eigenvalue weighted by Crippen LogP contribution is 2.34. The number of rotatable bonds is 7. The summed E-state index contributed by atoms with van der Waals surface area (Å²) in [6, 6.07) is 26.5. The number of nitrogens with two attached hydrogens (primary N) is 1. The van der Waals surface area contributed by atoms with E-state index in [1.54, 1.807) is 18.2 Å². The molecule has 2 N–H and O–H groups in total. The Labute approximate surface area is 205 Å². The number of hydrogen-bond donors (Lipinski definition) is 1. The van der Waals surface area contributed by atoms with Gasteiger partial charge in [-0.1, -0.05) is 54.6 Å². The van der Waals surface area contributed by atoms with Crippen LogP contribution in [-0.2, 0) is 12.8 Å². The summed E-state index contributed by atoms with van der Waals surface area (Å²) >= 11 is 0. The molecule has 3 aromatic carbocycles. The Bertz CT molecular complexity index is 1320. The lowest BCUT2D eigenvalue weighted by Gasteiger charge is -2.38. The number of hydrogen-bond acceptors (Lipinski definition) is 4. The second-order valence-electron chi connectivity index (χ2n) is 8.93. The number of nitrogens with zero attached hydrogens (tertiary/aromatic N) is 3. The highest BCUT2D eigenvalue weighted by molar-refractivity contribution is 5.93. The first-order valence-electron chi connectivity index (χ1n) is 12.0. The summed E-state index contributed by atoms with van der Waals surface area (Å²) in [7, 11) is 1.71. The molecule has 0 radical (unpaired) electrons. The number of pyridine rings is 1. The van der Waals surface area contributed by atoms with Gasteiger partial charge >= 0.3 is 6.03 Å². The number of aromatic nitrogens is 1. The molecule has 35 heavy (non-hydrogen) atoms. The van der Waals surface area contributed by atoms with Crippen LogP contribution in [0.5, 0.6) is 5.75 Å². The van der Waals surface area contributed by atoms with Gasteiger partial charge in [0.05, 0.1) is 24.5 Å². The molecule has 1 aliphatic heterocycles. The van der Waals surface area contributed by atoms with E-state index in [4.69, 9.17) is 10.5 Å². The number of carbonyl (C=O) groups excluding carboxylic acids is 1. The molecule has 1 aromatic heterocycles. The Kier molecular flexibility index (Phi) is 6.64. The topological polar surface area (TPSA) is 71.7 Å². The summed E-state index contributed by atoms with van der Waals surface area (Å²) in [5.41, 5.74) is 11.4. The summed E-state index contributed by atoms with van der Waals surface area (Å²) < 4.78 is 5.47. The standard InChI is InChI=1S/C29H30N4O2/c1-35-25-11-12-26-22(19-25)13-14-32(28(26)17-21-7-3-2-4-8-21)15-16-33(29(30)34)24-18-23-9-5-6-10-27(23)31-20-24/h2-12,18-20,28H,13-17H2,1H3,(H2,30,34). The lowest BCUT2D eigenvalue weighted by atomic mass is 9.88. The fraction of sp³-hybridized carbons (Fsp3) is 0.241. The molecular formula is C29H30N4O2.